The zero-order valence-corrected chi connectivity index (χ0v) is 19.6. The molecule has 4 aromatic rings. The number of anilines is 2. The Morgan fingerprint density at radius 3 is 2.66 bits per heavy atom. The number of nitrogens with one attached hydrogen (secondary N) is 1. The van der Waals surface area contributed by atoms with Gasteiger partial charge in [0.1, 0.15) is 11.6 Å². The molecule has 0 spiro atoms. The molecule has 8 heteroatoms. The normalized spacial score (nSPS) is 12.5. The molecule has 1 N–H and O–H groups in total. The topological polar surface area (TPSA) is 71.5 Å². The molecule has 0 fully saturated rings. The number of ether oxygens (including phenoxy) is 1. The molecule has 0 unspecified atom stereocenters. The summed E-state index contributed by atoms with van der Waals surface area (Å²) in [5.74, 6) is -0.0522. The fraction of sp³-hybridized carbons (Fsp3) is 0.148. The quantitative estimate of drug-likeness (QED) is 0.377. The Morgan fingerprint density at radius 2 is 1.86 bits per heavy atom. The number of aryl methyl sites for hydroxylation is 1. The van der Waals surface area contributed by atoms with Crippen LogP contribution in [0.2, 0.25) is 0 Å². The van der Waals surface area contributed by atoms with Gasteiger partial charge in [-0.1, -0.05) is 42.5 Å². The average molecular weight is 488 g/mol. The third-order valence-electron chi connectivity index (χ3n) is 5.68. The van der Waals surface area contributed by atoms with E-state index in [2.05, 4.69) is 10.3 Å². The highest BCUT2D eigenvalue weighted by molar-refractivity contribution is 7.14. The van der Waals surface area contributed by atoms with Crippen LogP contribution < -0.4 is 15.0 Å². The Kier molecular flexibility index (Phi) is 6.54. The summed E-state index contributed by atoms with van der Waals surface area (Å²) in [5, 5.41) is 5.28. The van der Waals surface area contributed by atoms with Gasteiger partial charge in [-0.3, -0.25) is 14.5 Å². The average Bonchev–Trinajstić information content (AvgIpc) is 3.37. The van der Waals surface area contributed by atoms with E-state index < -0.39 is 0 Å². The maximum Gasteiger partial charge on any atom is 0.267 e. The SMILES string of the molecule is O=C1CCc2cc(OCC(=O)N(Cc3ccc(F)cc3)c3nc(-c4ccccc4)cs3)ccc2N1. The number of benzene rings is 3. The summed E-state index contributed by atoms with van der Waals surface area (Å²) >= 11 is 1.37. The summed E-state index contributed by atoms with van der Waals surface area (Å²) in [4.78, 5) is 31.1. The highest BCUT2D eigenvalue weighted by atomic mass is 32.1. The van der Waals surface area contributed by atoms with Gasteiger partial charge in [-0.05, 0) is 47.9 Å². The molecule has 1 aliphatic heterocycles. The van der Waals surface area contributed by atoms with Crippen LogP contribution in [0.3, 0.4) is 0 Å². The molecule has 0 saturated carbocycles. The Balaban J connectivity index is 1.35. The predicted octanol–water partition coefficient (Wildman–Crippen LogP) is 5.45. The van der Waals surface area contributed by atoms with Crippen LogP contribution in [0.25, 0.3) is 11.3 Å². The summed E-state index contributed by atoms with van der Waals surface area (Å²) in [5.41, 5.74) is 4.27. The van der Waals surface area contributed by atoms with E-state index in [1.807, 2.05) is 41.8 Å². The summed E-state index contributed by atoms with van der Waals surface area (Å²) in [6.45, 7) is 0.0486. The second-order valence-corrected chi connectivity index (χ2v) is 8.98. The monoisotopic (exact) mass is 487 g/mol. The van der Waals surface area contributed by atoms with Crippen LogP contribution in [0.15, 0.2) is 78.2 Å². The second-order valence-electron chi connectivity index (χ2n) is 8.14. The van der Waals surface area contributed by atoms with Gasteiger partial charge in [-0.25, -0.2) is 9.37 Å². The molecule has 2 amide bonds. The Morgan fingerprint density at radius 1 is 1.06 bits per heavy atom. The van der Waals surface area contributed by atoms with E-state index in [4.69, 9.17) is 4.74 Å². The van der Waals surface area contributed by atoms with E-state index in [0.717, 1.165) is 28.1 Å². The summed E-state index contributed by atoms with van der Waals surface area (Å²) in [6, 6.07) is 21.2. The number of hydrogen-bond donors (Lipinski definition) is 1. The van der Waals surface area contributed by atoms with Crippen LogP contribution in [0.1, 0.15) is 17.5 Å². The lowest BCUT2D eigenvalue weighted by molar-refractivity contribution is -0.120. The third-order valence-corrected chi connectivity index (χ3v) is 6.55. The van der Waals surface area contributed by atoms with Crippen LogP contribution in [-0.4, -0.2) is 23.4 Å². The lowest BCUT2D eigenvalue weighted by Gasteiger charge is -2.21. The first-order valence-electron chi connectivity index (χ1n) is 11.2. The Labute approximate surface area is 206 Å². The second kappa shape index (κ2) is 10.1. The number of carbonyl (C=O) groups excluding carboxylic acids is 2. The number of nitrogens with zero attached hydrogens (tertiary/aromatic N) is 2. The van der Waals surface area contributed by atoms with Crippen molar-refractivity contribution in [3.8, 4) is 17.0 Å². The molecular weight excluding hydrogens is 465 g/mol. The van der Waals surface area contributed by atoms with Crippen LogP contribution in [0.5, 0.6) is 5.75 Å². The van der Waals surface area contributed by atoms with E-state index in [-0.39, 0.29) is 30.8 Å². The Bertz CT molecular complexity index is 1360. The minimum atomic E-state index is -0.334. The molecule has 35 heavy (non-hydrogen) atoms. The standard InChI is InChI=1S/C27H22FN3O3S/c28-21-9-6-18(7-10-21)15-31(27-30-24(17-35-27)19-4-2-1-3-5-19)26(33)16-34-22-11-12-23-20(14-22)8-13-25(32)29-23/h1-7,9-12,14,17H,8,13,15-16H2,(H,29,32). The molecule has 5 rings (SSSR count). The number of halogens is 1. The lowest BCUT2D eigenvalue weighted by Crippen LogP contribution is -2.34. The van der Waals surface area contributed by atoms with Crippen molar-refractivity contribution in [2.75, 3.05) is 16.8 Å². The largest absolute Gasteiger partial charge is 0.484 e. The van der Waals surface area contributed by atoms with Crippen molar-refractivity contribution >= 4 is 34.0 Å². The minimum Gasteiger partial charge on any atom is -0.484 e. The van der Waals surface area contributed by atoms with Gasteiger partial charge in [0.05, 0.1) is 12.2 Å². The van der Waals surface area contributed by atoms with Gasteiger partial charge in [-0.15, -0.1) is 11.3 Å². The highest BCUT2D eigenvalue weighted by Gasteiger charge is 2.22. The molecule has 176 valence electrons. The number of amides is 2. The van der Waals surface area contributed by atoms with Gasteiger partial charge in [0.15, 0.2) is 11.7 Å². The third kappa shape index (κ3) is 5.38. The Hall–Kier alpha value is -4.04. The summed E-state index contributed by atoms with van der Waals surface area (Å²) in [6.07, 6.45) is 1.05. The van der Waals surface area contributed by atoms with Gasteiger partial charge in [0, 0.05) is 23.1 Å². The fourth-order valence-corrected chi connectivity index (χ4v) is 4.69. The number of carbonyl (C=O) groups is 2. The first kappa shape index (κ1) is 22.7. The minimum absolute atomic E-state index is 0.00361. The van der Waals surface area contributed by atoms with Crippen molar-refractivity contribution in [2.45, 2.75) is 19.4 Å². The number of hydrogen-bond acceptors (Lipinski definition) is 5. The van der Waals surface area contributed by atoms with E-state index in [0.29, 0.717) is 23.7 Å². The van der Waals surface area contributed by atoms with Gasteiger partial charge < -0.3 is 10.1 Å². The van der Waals surface area contributed by atoms with Crippen molar-refractivity contribution in [1.82, 2.24) is 4.98 Å². The van der Waals surface area contributed by atoms with Crippen molar-refractivity contribution < 1.29 is 18.7 Å². The lowest BCUT2D eigenvalue weighted by atomic mass is 10.0. The maximum atomic E-state index is 13.4. The smallest absolute Gasteiger partial charge is 0.267 e. The molecule has 0 radical (unpaired) electrons. The van der Waals surface area contributed by atoms with Crippen molar-refractivity contribution in [3.05, 3.63) is 95.1 Å². The highest BCUT2D eigenvalue weighted by Crippen LogP contribution is 2.30. The molecule has 6 nitrogen and oxygen atoms in total. The molecule has 0 bridgehead atoms. The summed E-state index contributed by atoms with van der Waals surface area (Å²) < 4.78 is 19.2. The van der Waals surface area contributed by atoms with Gasteiger partial charge in [0.25, 0.3) is 5.91 Å². The van der Waals surface area contributed by atoms with E-state index in [1.165, 1.54) is 23.5 Å². The molecule has 1 aromatic heterocycles. The zero-order chi connectivity index (χ0) is 24.2. The maximum absolute atomic E-state index is 13.4. The fourth-order valence-electron chi connectivity index (χ4n) is 3.84. The van der Waals surface area contributed by atoms with E-state index in [1.54, 1.807) is 29.2 Å². The van der Waals surface area contributed by atoms with Crippen LogP contribution in [0.4, 0.5) is 15.2 Å². The summed E-state index contributed by atoms with van der Waals surface area (Å²) in [7, 11) is 0. The zero-order valence-electron chi connectivity index (χ0n) is 18.7. The molecule has 0 aliphatic carbocycles. The van der Waals surface area contributed by atoms with Crippen LogP contribution in [0, 0.1) is 5.82 Å². The first-order valence-corrected chi connectivity index (χ1v) is 12.0. The molecule has 0 atom stereocenters. The molecule has 0 saturated heterocycles. The predicted molar refractivity (Wildman–Crippen MR) is 134 cm³/mol. The number of fused-ring (bicyclic) bond motifs is 1. The molecule has 1 aliphatic rings. The van der Waals surface area contributed by atoms with Gasteiger partial charge in [0.2, 0.25) is 5.91 Å². The van der Waals surface area contributed by atoms with Crippen molar-refractivity contribution in [2.24, 2.45) is 0 Å². The number of rotatable bonds is 7. The number of thiazole rings is 1. The van der Waals surface area contributed by atoms with Gasteiger partial charge in [-0.2, -0.15) is 0 Å². The van der Waals surface area contributed by atoms with Gasteiger partial charge >= 0.3 is 0 Å². The molecule has 2 heterocycles. The van der Waals surface area contributed by atoms with Crippen LogP contribution >= 0.6 is 11.3 Å². The van der Waals surface area contributed by atoms with E-state index in [9.17, 15) is 14.0 Å². The molecular formula is C27H22FN3O3S. The van der Waals surface area contributed by atoms with Crippen molar-refractivity contribution in [1.29, 1.82) is 0 Å². The van der Waals surface area contributed by atoms with Crippen molar-refractivity contribution in [3.63, 3.8) is 0 Å². The first-order chi connectivity index (χ1) is 17.0. The van der Waals surface area contributed by atoms with Crippen LogP contribution in [-0.2, 0) is 22.6 Å². The number of aromatic nitrogens is 1. The molecule has 3 aromatic carbocycles. The van der Waals surface area contributed by atoms with E-state index >= 15 is 0 Å².